The number of ether oxygens (including phenoxy) is 3. The maximum Gasteiger partial charge on any atom is 0.161 e. The SMILES string of the molecule is CNCC1CN(Cc2ccc3c(c2)OCCO3)CCO1. The summed E-state index contributed by atoms with van der Waals surface area (Å²) in [4.78, 5) is 2.43. The molecule has 2 aliphatic heterocycles. The lowest BCUT2D eigenvalue weighted by molar-refractivity contribution is -0.0291. The molecular formula is C15H22N2O3. The van der Waals surface area contributed by atoms with E-state index in [1.54, 1.807) is 0 Å². The van der Waals surface area contributed by atoms with E-state index < -0.39 is 0 Å². The summed E-state index contributed by atoms with van der Waals surface area (Å²) < 4.78 is 16.9. The number of benzene rings is 1. The average molecular weight is 278 g/mol. The average Bonchev–Trinajstić information content (AvgIpc) is 2.48. The minimum absolute atomic E-state index is 0.283. The Morgan fingerprint density at radius 2 is 2.05 bits per heavy atom. The number of nitrogens with zero attached hydrogens (tertiary/aromatic N) is 1. The highest BCUT2D eigenvalue weighted by atomic mass is 16.6. The molecule has 3 rings (SSSR count). The number of likely N-dealkylation sites (N-methyl/N-ethyl adjacent to an activating group) is 1. The first-order valence-electron chi connectivity index (χ1n) is 7.22. The molecule has 1 saturated heterocycles. The molecular weight excluding hydrogens is 256 g/mol. The zero-order valence-corrected chi connectivity index (χ0v) is 11.9. The van der Waals surface area contributed by atoms with Gasteiger partial charge < -0.3 is 19.5 Å². The van der Waals surface area contributed by atoms with Crippen molar-refractivity contribution in [3.63, 3.8) is 0 Å². The van der Waals surface area contributed by atoms with Crippen LogP contribution in [-0.2, 0) is 11.3 Å². The van der Waals surface area contributed by atoms with E-state index in [0.717, 1.165) is 44.3 Å². The second kappa shape index (κ2) is 6.43. The second-order valence-corrected chi connectivity index (χ2v) is 5.26. The molecule has 0 aliphatic carbocycles. The summed E-state index contributed by atoms with van der Waals surface area (Å²) in [5, 5.41) is 3.17. The van der Waals surface area contributed by atoms with Crippen molar-refractivity contribution < 1.29 is 14.2 Å². The first kappa shape index (κ1) is 13.7. The monoisotopic (exact) mass is 278 g/mol. The third kappa shape index (κ3) is 3.23. The zero-order valence-electron chi connectivity index (χ0n) is 11.9. The van der Waals surface area contributed by atoms with Crippen molar-refractivity contribution in [2.45, 2.75) is 12.6 Å². The van der Waals surface area contributed by atoms with Gasteiger partial charge in [0.15, 0.2) is 11.5 Å². The van der Waals surface area contributed by atoms with Gasteiger partial charge in [-0.3, -0.25) is 4.90 Å². The Morgan fingerprint density at radius 3 is 2.90 bits per heavy atom. The van der Waals surface area contributed by atoms with Crippen molar-refractivity contribution in [3.05, 3.63) is 23.8 Å². The van der Waals surface area contributed by atoms with E-state index in [2.05, 4.69) is 22.3 Å². The van der Waals surface area contributed by atoms with E-state index >= 15 is 0 Å². The quantitative estimate of drug-likeness (QED) is 0.885. The topological polar surface area (TPSA) is 43.0 Å². The molecule has 1 aromatic rings. The second-order valence-electron chi connectivity index (χ2n) is 5.26. The molecule has 1 aromatic carbocycles. The summed E-state index contributed by atoms with van der Waals surface area (Å²) in [6.45, 7) is 5.86. The highest BCUT2D eigenvalue weighted by Gasteiger charge is 2.20. The Hall–Kier alpha value is -1.30. The van der Waals surface area contributed by atoms with Gasteiger partial charge >= 0.3 is 0 Å². The van der Waals surface area contributed by atoms with E-state index in [1.165, 1.54) is 5.56 Å². The van der Waals surface area contributed by atoms with Crippen LogP contribution in [0.15, 0.2) is 18.2 Å². The van der Waals surface area contributed by atoms with Crippen LogP contribution in [0.1, 0.15) is 5.56 Å². The molecule has 0 saturated carbocycles. The first-order chi connectivity index (χ1) is 9.85. The van der Waals surface area contributed by atoms with Crippen molar-refractivity contribution in [1.29, 1.82) is 0 Å². The van der Waals surface area contributed by atoms with Crippen molar-refractivity contribution in [2.24, 2.45) is 0 Å². The minimum atomic E-state index is 0.283. The zero-order chi connectivity index (χ0) is 13.8. The molecule has 1 unspecified atom stereocenters. The summed E-state index contributed by atoms with van der Waals surface area (Å²) in [7, 11) is 1.96. The third-order valence-electron chi connectivity index (χ3n) is 3.67. The Kier molecular flexibility index (Phi) is 4.40. The minimum Gasteiger partial charge on any atom is -0.486 e. The van der Waals surface area contributed by atoms with Crippen LogP contribution in [0, 0.1) is 0 Å². The lowest BCUT2D eigenvalue weighted by atomic mass is 10.1. The molecule has 2 heterocycles. The van der Waals surface area contributed by atoms with Gasteiger partial charge in [-0.2, -0.15) is 0 Å². The van der Waals surface area contributed by atoms with Gasteiger partial charge in [0, 0.05) is 26.2 Å². The number of morpholine rings is 1. The number of hydrogen-bond donors (Lipinski definition) is 1. The molecule has 5 heteroatoms. The molecule has 0 aromatic heterocycles. The molecule has 0 spiro atoms. The third-order valence-corrected chi connectivity index (χ3v) is 3.67. The van der Waals surface area contributed by atoms with E-state index in [-0.39, 0.29) is 6.10 Å². The maximum absolute atomic E-state index is 5.73. The fourth-order valence-electron chi connectivity index (χ4n) is 2.72. The molecule has 1 N–H and O–H groups in total. The molecule has 0 amide bonds. The standard InChI is InChI=1S/C15H22N2O3/c1-16-9-13-11-17(4-5-18-13)10-12-2-3-14-15(8-12)20-7-6-19-14/h2-3,8,13,16H,4-7,9-11H2,1H3. The normalized spacial score (nSPS) is 22.8. The maximum atomic E-state index is 5.73. The summed E-state index contributed by atoms with van der Waals surface area (Å²) in [5.74, 6) is 1.73. The van der Waals surface area contributed by atoms with Crippen LogP contribution in [-0.4, -0.2) is 57.5 Å². The number of hydrogen-bond acceptors (Lipinski definition) is 5. The van der Waals surface area contributed by atoms with Gasteiger partial charge in [0.05, 0.1) is 12.7 Å². The van der Waals surface area contributed by atoms with Gasteiger partial charge in [0.25, 0.3) is 0 Å². The van der Waals surface area contributed by atoms with Crippen LogP contribution < -0.4 is 14.8 Å². The van der Waals surface area contributed by atoms with Crippen molar-refractivity contribution in [3.8, 4) is 11.5 Å². The molecule has 5 nitrogen and oxygen atoms in total. The van der Waals surface area contributed by atoms with Crippen LogP contribution in [0.3, 0.4) is 0 Å². The van der Waals surface area contributed by atoms with Crippen molar-refractivity contribution >= 4 is 0 Å². The molecule has 1 atom stereocenters. The Morgan fingerprint density at radius 1 is 1.20 bits per heavy atom. The van der Waals surface area contributed by atoms with Crippen LogP contribution in [0.5, 0.6) is 11.5 Å². The lowest BCUT2D eigenvalue weighted by Crippen LogP contribution is -2.45. The van der Waals surface area contributed by atoms with Gasteiger partial charge in [-0.25, -0.2) is 0 Å². The largest absolute Gasteiger partial charge is 0.486 e. The lowest BCUT2D eigenvalue weighted by Gasteiger charge is -2.33. The molecule has 0 radical (unpaired) electrons. The predicted molar refractivity (Wildman–Crippen MR) is 76.4 cm³/mol. The van der Waals surface area contributed by atoms with E-state index in [0.29, 0.717) is 13.2 Å². The van der Waals surface area contributed by atoms with Crippen molar-refractivity contribution in [2.75, 3.05) is 46.5 Å². The molecule has 2 aliphatic rings. The van der Waals surface area contributed by atoms with Gasteiger partial charge in [-0.15, -0.1) is 0 Å². The summed E-state index contributed by atoms with van der Waals surface area (Å²) in [6, 6.07) is 6.22. The molecule has 110 valence electrons. The Bertz CT molecular complexity index is 451. The number of nitrogens with one attached hydrogen (secondary N) is 1. The number of fused-ring (bicyclic) bond motifs is 1. The highest BCUT2D eigenvalue weighted by molar-refractivity contribution is 5.43. The fourth-order valence-corrected chi connectivity index (χ4v) is 2.72. The summed E-state index contributed by atoms with van der Waals surface area (Å²) in [5.41, 5.74) is 1.26. The van der Waals surface area contributed by atoms with Crippen molar-refractivity contribution in [1.82, 2.24) is 10.2 Å². The van der Waals surface area contributed by atoms with Gasteiger partial charge in [-0.1, -0.05) is 6.07 Å². The van der Waals surface area contributed by atoms with Gasteiger partial charge in [-0.05, 0) is 24.7 Å². The fraction of sp³-hybridized carbons (Fsp3) is 0.600. The number of rotatable bonds is 4. The molecule has 0 bridgehead atoms. The van der Waals surface area contributed by atoms with Crippen LogP contribution in [0.2, 0.25) is 0 Å². The smallest absolute Gasteiger partial charge is 0.161 e. The predicted octanol–water partition coefficient (Wildman–Crippen LogP) is 0.878. The van der Waals surface area contributed by atoms with E-state index in [1.807, 2.05) is 13.1 Å². The van der Waals surface area contributed by atoms with Crippen LogP contribution in [0.25, 0.3) is 0 Å². The van der Waals surface area contributed by atoms with Crippen LogP contribution in [0.4, 0.5) is 0 Å². The van der Waals surface area contributed by atoms with E-state index in [4.69, 9.17) is 14.2 Å². The molecule has 20 heavy (non-hydrogen) atoms. The first-order valence-corrected chi connectivity index (χ1v) is 7.22. The van der Waals surface area contributed by atoms with E-state index in [9.17, 15) is 0 Å². The Labute approximate surface area is 119 Å². The van der Waals surface area contributed by atoms with Gasteiger partial charge in [0.1, 0.15) is 13.2 Å². The summed E-state index contributed by atoms with van der Waals surface area (Å²) >= 11 is 0. The Balaban J connectivity index is 1.62. The van der Waals surface area contributed by atoms with Crippen LogP contribution >= 0.6 is 0 Å². The van der Waals surface area contributed by atoms with Gasteiger partial charge in [0.2, 0.25) is 0 Å². The molecule has 1 fully saturated rings. The highest BCUT2D eigenvalue weighted by Crippen LogP contribution is 2.31. The summed E-state index contributed by atoms with van der Waals surface area (Å²) in [6.07, 6.45) is 0.283.